The zero-order chi connectivity index (χ0) is 21.0. The molecule has 156 valence electrons. The Balaban J connectivity index is 1.47. The summed E-state index contributed by atoms with van der Waals surface area (Å²) in [5.74, 6) is 0.153. The summed E-state index contributed by atoms with van der Waals surface area (Å²) in [4.78, 5) is 12.3. The van der Waals surface area contributed by atoms with Crippen LogP contribution < -0.4 is 14.8 Å². The van der Waals surface area contributed by atoms with E-state index in [1.165, 1.54) is 6.07 Å². The van der Waals surface area contributed by atoms with E-state index in [1.807, 2.05) is 60.7 Å². The molecule has 0 aliphatic heterocycles. The fraction of sp³-hybridized carbons (Fsp3) is 0.208. The van der Waals surface area contributed by atoms with Crippen molar-refractivity contribution in [3.63, 3.8) is 0 Å². The Bertz CT molecular complexity index is 905. The summed E-state index contributed by atoms with van der Waals surface area (Å²) in [5, 5.41) is 2.88. The van der Waals surface area contributed by atoms with Crippen molar-refractivity contribution in [3.05, 3.63) is 96.3 Å². The summed E-state index contributed by atoms with van der Waals surface area (Å²) in [7, 11) is 0. The van der Waals surface area contributed by atoms with E-state index >= 15 is 0 Å². The van der Waals surface area contributed by atoms with Crippen LogP contribution in [0.2, 0.25) is 0 Å². The van der Waals surface area contributed by atoms with Crippen molar-refractivity contribution in [1.29, 1.82) is 0 Å². The normalized spacial score (nSPS) is 11.5. The average Bonchev–Trinajstić information content (AvgIpc) is 2.78. The minimum absolute atomic E-state index is 0.0911. The van der Waals surface area contributed by atoms with E-state index < -0.39 is 11.9 Å². The third kappa shape index (κ3) is 6.90. The van der Waals surface area contributed by atoms with E-state index in [4.69, 9.17) is 14.2 Å². The van der Waals surface area contributed by atoms with E-state index in [9.17, 15) is 9.18 Å². The molecule has 1 amide bonds. The van der Waals surface area contributed by atoms with Gasteiger partial charge in [0.2, 0.25) is 5.91 Å². The number of carbonyl (C=O) groups is 1. The van der Waals surface area contributed by atoms with Crippen molar-refractivity contribution < 1.29 is 23.4 Å². The largest absolute Gasteiger partial charge is 0.491 e. The van der Waals surface area contributed by atoms with Crippen LogP contribution in [0.4, 0.5) is 4.39 Å². The van der Waals surface area contributed by atoms with Gasteiger partial charge in [-0.25, -0.2) is 4.39 Å². The van der Waals surface area contributed by atoms with Gasteiger partial charge in [-0.05, 0) is 29.8 Å². The lowest BCUT2D eigenvalue weighted by atomic mass is 10.1. The zero-order valence-corrected chi connectivity index (χ0v) is 16.5. The second-order valence-corrected chi connectivity index (χ2v) is 6.49. The lowest BCUT2D eigenvalue weighted by Crippen LogP contribution is -2.35. The molecule has 3 aromatic rings. The van der Waals surface area contributed by atoms with Crippen molar-refractivity contribution >= 4 is 5.91 Å². The molecule has 3 aromatic carbocycles. The van der Waals surface area contributed by atoms with Crippen LogP contribution in [0.15, 0.2) is 84.9 Å². The lowest BCUT2D eigenvalue weighted by molar-refractivity contribution is -0.126. The van der Waals surface area contributed by atoms with E-state index in [2.05, 4.69) is 5.32 Å². The van der Waals surface area contributed by atoms with Crippen LogP contribution in [-0.4, -0.2) is 32.3 Å². The molecule has 1 atom stereocenters. The number of hydrogen-bond acceptors (Lipinski definition) is 4. The first-order chi connectivity index (χ1) is 14.7. The smallest absolute Gasteiger partial charge is 0.246 e. The van der Waals surface area contributed by atoms with Crippen molar-refractivity contribution in [2.45, 2.75) is 6.04 Å². The average molecular weight is 409 g/mol. The topological polar surface area (TPSA) is 56.8 Å². The molecule has 6 heteroatoms. The van der Waals surface area contributed by atoms with E-state index in [0.29, 0.717) is 6.61 Å². The van der Waals surface area contributed by atoms with Gasteiger partial charge in [0.15, 0.2) is 11.6 Å². The Morgan fingerprint density at radius 2 is 1.50 bits per heavy atom. The molecule has 30 heavy (non-hydrogen) atoms. The highest BCUT2D eigenvalue weighted by atomic mass is 19.1. The van der Waals surface area contributed by atoms with E-state index in [-0.39, 0.29) is 31.5 Å². The van der Waals surface area contributed by atoms with Gasteiger partial charge >= 0.3 is 0 Å². The second kappa shape index (κ2) is 11.6. The summed E-state index contributed by atoms with van der Waals surface area (Å²) in [5.41, 5.74) is 0.856. The molecule has 0 spiro atoms. The van der Waals surface area contributed by atoms with Crippen LogP contribution in [0, 0.1) is 5.82 Å². The van der Waals surface area contributed by atoms with Crippen molar-refractivity contribution in [2.24, 2.45) is 0 Å². The highest BCUT2D eigenvalue weighted by Crippen LogP contribution is 2.19. The number of benzene rings is 3. The van der Waals surface area contributed by atoms with Crippen LogP contribution in [0.3, 0.4) is 0 Å². The molecule has 0 saturated heterocycles. The summed E-state index contributed by atoms with van der Waals surface area (Å²) in [6.07, 6.45) is 0. The van der Waals surface area contributed by atoms with Crippen LogP contribution >= 0.6 is 0 Å². The number of para-hydroxylation sites is 2. The monoisotopic (exact) mass is 409 g/mol. The van der Waals surface area contributed by atoms with Gasteiger partial charge in [0, 0.05) is 0 Å². The first-order valence-corrected chi connectivity index (χ1v) is 9.69. The molecule has 0 bridgehead atoms. The van der Waals surface area contributed by atoms with E-state index in [1.54, 1.807) is 18.2 Å². The van der Waals surface area contributed by atoms with Gasteiger partial charge in [0.05, 0.1) is 12.6 Å². The molecule has 1 unspecified atom stereocenters. The quantitative estimate of drug-likeness (QED) is 0.483. The molecule has 3 rings (SSSR count). The summed E-state index contributed by atoms with van der Waals surface area (Å²) in [6.45, 7) is 0.606. The van der Waals surface area contributed by atoms with Crippen molar-refractivity contribution in [3.8, 4) is 11.5 Å². The first kappa shape index (κ1) is 21.3. The molecule has 0 radical (unpaired) electrons. The van der Waals surface area contributed by atoms with Crippen molar-refractivity contribution in [1.82, 2.24) is 5.32 Å². The lowest BCUT2D eigenvalue weighted by Gasteiger charge is -2.20. The maximum absolute atomic E-state index is 13.8. The SMILES string of the molecule is O=C(COCCOc1ccccc1)NC(COc1ccccc1F)c1ccccc1. The third-order valence-electron chi connectivity index (χ3n) is 4.25. The summed E-state index contributed by atoms with van der Waals surface area (Å²) < 4.78 is 30.3. The Morgan fingerprint density at radius 1 is 0.833 bits per heavy atom. The number of hydrogen-bond donors (Lipinski definition) is 1. The van der Waals surface area contributed by atoms with Gasteiger partial charge in [0.1, 0.15) is 25.6 Å². The number of rotatable bonds is 11. The van der Waals surface area contributed by atoms with Crippen molar-refractivity contribution in [2.75, 3.05) is 26.4 Å². The van der Waals surface area contributed by atoms with Gasteiger partial charge in [0.25, 0.3) is 0 Å². The molecule has 0 aliphatic rings. The molecular weight excluding hydrogens is 385 g/mol. The van der Waals surface area contributed by atoms with E-state index in [0.717, 1.165) is 11.3 Å². The van der Waals surface area contributed by atoms with Crippen LogP contribution in [0.25, 0.3) is 0 Å². The highest BCUT2D eigenvalue weighted by Gasteiger charge is 2.16. The molecule has 0 saturated carbocycles. The Labute approximate surface area is 175 Å². The Kier molecular flexibility index (Phi) is 8.23. The molecule has 0 heterocycles. The Morgan fingerprint density at radius 3 is 2.23 bits per heavy atom. The standard InChI is InChI=1S/C24H24FNO4/c25-21-13-7-8-14-23(21)30-17-22(19-9-3-1-4-10-19)26-24(27)18-28-15-16-29-20-11-5-2-6-12-20/h1-14,22H,15-18H2,(H,26,27). The first-order valence-electron chi connectivity index (χ1n) is 9.69. The zero-order valence-electron chi connectivity index (χ0n) is 16.5. The minimum atomic E-state index is -0.447. The highest BCUT2D eigenvalue weighted by molar-refractivity contribution is 5.77. The number of ether oxygens (including phenoxy) is 3. The van der Waals surface area contributed by atoms with Gasteiger partial charge in [-0.15, -0.1) is 0 Å². The maximum atomic E-state index is 13.8. The number of nitrogens with one attached hydrogen (secondary N) is 1. The minimum Gasteiger partial charge on any atom is -0.491 e. The van der Waals surface area contributed by atoms with Gasteiger partial charge in [-0.1, -0.05) is 60.7 Å². The third-order valence-corrected chi connectivity index (χ3v) is 4.25. The van der Waals surface area contributed by atoms with Crippen LogP contribution in [0.1, 0.15) is 11.6 Å². The maximum Gasteiger partial charge on any atom is 0.246 e. The molecule has 5 nitrogen and oxygen atoms in total. The van der Waals surface area contributed by atoms with Gasteiger partial charge in [-0.2, -0.15) is 0 Å². The molecule has 0 aromatic heterocycles. The number of amides is 1. The molecule has 0 aliphatic carbocycles. The van der Waals surface area contributed by atoms with Gasteiger partial charge < -0.3 is 19.5 Å². The Hall–Kier alpha value is -3.38. The fourth-order valence-corrected chi connectivity index (χ4v) is 2.78. The fourth-order valence-electron chi connectivity index (χ4n) is 2.78. The molecular formula is C24H24FNO4. The molecule has 0 fully saturated rings. The van der Waals surface area contributed by atoms with Gasteiger partial charge in [-0.3, -0.25) is 4.79 Å². The summed E-state index contributed by atoms with van der Waals surface area (Å²) >= 11 is 0. The summed E-state index contributed by atoms with van der Waals surface area (Å²) in [6, 6.07) is 24.5. The number of carbonyl (C=O) groups excluding carboxylic acids is 1. The van der Waals surface area contributed by atoms with Crippen LogP contribution in [-0.2, 0) is 9.53 Å². The molecule has 1 N–H and O–H groups in total. The predicted molar refractivity (Wildman–Crippen MR) is 112 cm³/mol. The predicted octanol–water partition coefficient (Wildman–Crippen LogP) is 4.16. The van der Waals surface area contributed by atoms with Crippen LogP contribution in [0.5, 0.6) is 11.5 Å². The number of halogens is 1. The second-order valence-electron chi connectivity index (χ2n) is 6.49.